The Labute approximate surface area is 110 Å². The number of fused-ring (bicyclic) bond motifs is 2. The predicted molar refractivity (Wildman–Crippen MR) is 68.3 cm³/mol. The van der Waals surface area contributed by atoms with E-state index in [4.69, 9.17) is 4.42 Å². The summed E-state index contributed by atoms with van der Waals surface area (Å²) >= 11 is 0. The van der Waals surface area contributed by atoms with Gasteiger partial charge in [-0.15, -0.1) is 0 Å². The molecule has 1 aliphatic rings. The number of benzene rings is 1. The minimum Gasteiger partial charge on any atom is -0.457 e. The second-order valence-corrected chi connectivity index (χ2v) is 4.81. The number of piperidine rings is 1. The molecule has 5 heteroatoms. The van der Waals surface area contributed by atoms with Gasteiger partial charge in [0.25, 0.3) is 0 Å². The molecular formula is C14H18F3NO. The highest BCUT2D eigenvalue weighted by molar-refractivity contribution is 5.66. The molecule has 2 aromatic heterocycles. The van der Waals surface area contributed by atoms with Crippen molar-refractivity contribution < 1.29 is 17.6 Å². The van der Waals surface area contributed by atoms with Crippen LogP contribution in [0.2, 0.25) is 0 Å². The molecule has 2 bridgehead atoms. The topological polar surface area (TPSA) is 25.2 Å². The number of rotatable bonds is 1. The van der Waals surface area contributed by atoms with Crippen LogP contribution in [-0.2, 0) is 6.18 Å². The minimum atomic E-state index is -4.29. The molecule has 0 saturated carbocycles. The second kappa shape index (κ2) is 5.82. The average molecular weight is 273 g/mol. The van der Waals surface area contributed by atoms with Crippen LogP contribution in [-0.4, -0.2) is 12.6 Å². The van der Waals surface area contributed by atoms with Gasteiger partial charge in [0, 0.05) is 6.04 Å². The molecule has 0 spiro atoms. The number of halogens is 3. The third kappa shape index (κ3) is 3.62. The van der Waals surface area contributed by atoms with Crippen molar-refractivity contribution in [1.29, 1.82) is 0 Å². The van der Waals surface area contributed by atoms with E-state index >= 15 is 0 Å². The van der Waals surface area contributed by atoms with E-state index in [1.807, 2.05) is 0 Å². The van der Waals surface area contributed by atoms with Crippen LogP contribution in [0.3, 0.4) is 0 Å². The summed E-state index contributed by atoms with van der Waals surface area (Å²) in [5.74, 6) is 0. The van der Waals surface area contributed by atoms with Crippen LogP contribution >= 0.6 is 0 Å². The van der Waals surface area contributed by atoms with Gasteiger partial charge in [-0.05, 0) is 44.0 Å². The van der Waals surface area contributed by atoms with Crippen LogP contribution in [0.4, 0.5) is 13.2 Å². The van der Waals surface area contributed by atoms with Crippen LogP contribution in [0.25, 0.3) is 11.2 Å². The first-order valence-electron chi connectivity index (χ1n) is 6.63. The Hall–Kier alpha value is -1.23. The maximum absolute atomic E-state index is 12.0. The Bertz CT molecular complexity index is 485. The van der Waals surface area contributed by atoms with E-state index in [2.05, 4.69) is 12.2 Å². The van der Waals surface area contributed by atoms with E-state index in [1.54, 1.807) is 0 Å². The van der Waals surface area contributed by atoms with Crippen molar-refractivity contribution in [3.05, 3.63) is 23.8 Å². The third-order valence-corrected chi connectivity index (χ3v) is 3.39. The van der Waals surface area contributed by atoms with Gasteiger partial charge in [0.15, 0.2) is 0 Å². The maximum atomic E-state index is 12.0. The summed E-state index contributed by atoms with van der Waals surface area (Å²) in [6, 6.07) is 4.65. The van der Waals surface area contributed by atoms with E-state index in [9.17, 15) is 13.2 Å². The zero-order chi connectivity index (χ0) is 13.9. The molecule has 0 radical (unpaired) electrons. The fourth-order valence-corrected chi connectivity index (χ4v) is 2.28. The molecule has 1 N–H and O–H groups in total. The largest absolute Gasteiger partial charge is 0.457 e. The van der Waals surface area contributed by atoms with E-state index < -0.39 is 11.7 Å². The Balaban J connectivity index is 0.000000148. The molecule has 0 aromatic carbocycles. The normalized spacial score (nSPS) is 20.3. The zero-order valence-corrected chi connectivity index (χ0v) is 10.9. The van der Waals surface area contributed by atoms with Gasteiger partial charge in [0.05, 0.1) is 0 Å². The fourth-order valence-electron chi connectivity index (χ4n) is 2.28. The van der Waals surface area contributed by atoms with Gasteiger partial charge >= 0.3 is 6.18 Å². The highest BCUT2D eigenvalue weighted by Crippen LogP contribution is 2.36. The summed E-state index contributed by atoms with van der Waals surface area (Å²) in [6.45, 7) is 3.50. The zero-order valence-electron chi connectivity index (χ0n) is 10.9. The highest BCUT2D eigenvalue weighted by Gasteiger charge is 2.34. The number of hydrogen-bond donors (Lipinski definition) is 1. The SMILES string of the molecule is CCC1CCCCN1.FC(F)(F)c1cc2ccc1o2. The van der Waals surface area contributed by atoms with Gasteiger partial charge < -0.3 is 9.73 Å². The van der Waals surface area contributed by atoms with Crippen molar-refractivity contribution in [3.8, 4) is 0 Å². The lowest BCUT2D eigenvalue weighted by Gasteiger charge is -2.21. The molecule has 0 aliphatic carbocycles. The van der Waals surface area contributed by atoms with Crippen LogP contribution in [0, 0.1) is 0 Å². The first-order chi connectivity index (χ1) is 9.00. The van der Waals surface area contributed by atoms with Gasteiger partial charge in [0.1, 0.15) is 16.7 Å². The van der Waals surface area contributed by atoms with Gasteiger partial charge in [0.2, 0.25) is 0 Å². The highest BCUT2D eigenvalue weighted by atomic mass is 19.4. The maximum Gasteiger partial charge on any atom is 0.420 e. The Morgan fingerprint density at radius 1 is 1.32 bits per heavy atom. The number of nitrogens with one attached hydrogen (secondary N) is 1. The van der Waals surface area contributed by atoms with Crippen LogP contribution in [0.5, 0.6) is 0 Å². The van der Waals surface area contributed by atoms with E-state index in [0.717, 1.165) is 12.1 Å². The molecule has 1 fully saturated rings. The van der Waals surface area contributed by atoms with E-state index in [-0.39, 0.29) is 11.2 Å². The summed E-state index contributed by atoms with van der Waals surface area (Å²) in [5.41, 5.74) is -0.505. The van der Waals surface area contributed by atoms with Crippen LogP contribution < -0.4 is 5.32 Å². The van der Waals surface area contributed by atoms with Crippen LogP contribution in [0.15, 0.2) is 22.6 Å². The van der Waals surface area contributed by atoms with Crippen molar-refractivity contribution in [3.63, 3.8) is 0 Å². The standard InChI is InChI=1S/C7H3F3O.C7H15N/c8-7(9,10)5-3-4-1-2-6(5)11-4;1-2-7-5-3-4-6-8-7/h1-3H;7-8H,2-6H2,1H3. The number of alkyl halides is 3. The molecule has 1 saturated heterocycles. The van der Waals surface area contributed by atoms with E-state index in [1.165, 1.54) is 44.4 Å². The fraction of sp³-hybridized carbons (Fsp3) is 0.571. The van der Waals surface area contributed by atoms with Crippen LogP contribution in [0.1, 0.15) is 38.2 Å². The molecule has 106 valence electrons. The Kier molecular flexibility index (Phi) is 4.34. The van der Waals surface area contributed by atoms with Gasteiger partial charge in [-0.2, -0.15) is 13.2 Å². The van der Waals surface area contributed by atoms with Crippen molar-refractivity contribution in [1.82, 2.24) is 5.32 Å². The Morgan fingerprint density at radius 2 is 2.11 bits per heavy atom. The first kappa shape index (κ1) is 14.2. The van der Waals surface area contributed by atoms with Crippen molar-refractivity contribution in [2.45, 2.75) is 44.8 Å². The molecule has 2 nitrogen and oxygen atoms in total. The summed E-state index contributed by atoms with van der Waals surface area (Å²) in [7, 11) is 0. The smallest absolute Gasteiger partial charge is 0.420 e. The van der Waals surface area contributed by atoms with Gasteiger partial charge in [-0.3, -0.25) is 0 Å². The lowest BCUT2D eigenvalue weighted by molar-refractivity contribution is -0.136. The summed E-state index contributed by atoms with van der Waals surface area (Å²) in [5, 5.41) is 3.47. The van der Waals surface area contributed by atoms with Gasteiger partial charge in [-0.1, -0.05) is 13.3 Å². The molecule has 19 heavy (non-hydrogen) atoms. The molecule has 3 heterocycles. The quantitative estimate of drug-likeness (QED) is 0.831. The van der Waals surface area contributed by atoms with Crippen molar-refractivity contribution >= 4 is 11.2 Å². The molecule has 1 atom stereocenters. The first-order valence-corrected chi connectivity index (χ1v) is 6.63. The van der Waals surface area contributed by atoms with Gasteiger partial charge in [-0.25, -0.2) is 0 Å². The summed E-state index contributed by atoms with van der Waals surface area (Å²) < 4.78 is 40.7. The second-order valence-electron chi connectivity index (χ2n) is 4.81. The summed E-state index contributed by atoms with van der Waals surface area (Å²) in [6.07, 6.45) is 1.24. The minimum absolute atomic E-state index is 0.0903. The molecule has 0 amide bonds. The predicted octanol–water partition coefficient (Wildman–Crippen LogP) is 4.43. The number of hydrogen-bond acceptors (Lipinski definition) is 2. The van der Waals surface area contributed by atoms with Crippen molar-refractivity contribution in [2.24, 2.45) is 0 Å². The monoisotopic (exact) mass is 273 g/mol. The Morgan fingerprint density at radius 3 is 2.42 bits per heavy atom. The average Bonchev–Trinajstić information content (AvgIpc) is 3.02. The molecule has 1 aliphatic heterocycles. The summed E-state index contributed by atoms with van der Waals surface area (Å²) in [4.78, 5) is 0. The number of furan rings is 2. The molecule has 3 rings (SSSR count). The lowest BCUT2D eigenvalue weighted by atomic mass is 10.0. The molecular weight excluding hydrogens is 255 g/mol. The van der Waals surface area contributed by atoms with E-state index in [0.29, 0.717) is 0 Å². The van der Waals surface area contributed by atoms with Crippen molar-refractivity contribution in [2.75, 3.05) is 6.54 Å². The molecule has 2 aromatic rings. The molecule has 1 unspecified atom stereocenters. The lowest BCUT2D eigenvalue weighted by Crippen LogP contribution is -2.32. The third-order valence-electron chi connectivity index (χ3n) is 3.39.